The van der Waals surface area contributed by atoms with Crippen LogP contribution < -0.4 is 15.0 Å². The van der Waals surface area contributed by atoms with E-state index in [0.717, 1.165) is 21.0 Å². The highest BCUT2D eigenvalue weighted by molar-refractivity contribution is 9.10. The van der Waals surface area contributed by atoms with Crippen LogP contribution in [0, 0.1) is 0 Å². The number of benzene rings is 2. The minimum Gasteiger partial charge on any atom is -0.484 e. The fourth-order valence-corrected chi connectivity index (χ4v) is 2.89. The van der Waals surface area contributed by atoms with E-state index < -0.39 is 5.91 Å². The topological polar surface area (TPSA) is 80.9 Å². The molecule has 3 rings (SSSR count). The molecule has 1 aromatic heterocycles. The molecule has 0 saturated carbocycles. The Labute approximate surface area is 182 Å². The SMILES string of the molecule is C=C(C)C=COc1c(OCc2ccc(Br)cc2)c(/C=C/C(=O)NO)cc2ccoc12. The molecule has 0 aliphatic carbocycles. The lowest BCUT2D eigenvalue weighted by Gasteiger charge is -2.14. The van der Waals surface area contributed by atoms with Crippen molar-refractivity contribution in [1.29, 1.82) is 0 Å². The van der Waals surface area contributed by atoms with Crippen LogP contribution in [0.5, 0.6) is 11.5 Å². The lowest BCUT2D eigenvalue weighted by Crippen LogP contribution is -2.14. The van der Waals surface area contributed by atoms with Crippen LogP contribution in [-0.4, -0.2) is 11.1 Å². The average molecular weight is 470 g/mol. The van der Waals surface area contributed by atoms with Crippen molar-refractivity contribution in [2.24, 2.45) is 0 Å². The first-order valence-electron chi connectivity index (χ1n) is 9.00. The van der Waals surface area contributed by atoms with Gasteiger partial charge in [0.05, 0.1) is 12.5 Å². The number of rotatable bonds is 8. The van der Waals surface area contributed by atoms with E-state index in [2.05, 4.69) is 22.5 Å². The molecule has 0 radical (unpaired) electrons. The molecule has 7 heteroatoms. The normalized spacial score (nSPS) is 11.3. The van der Waals surface area contributed by atoms with E-state index in [1.807, 2.05) is 37.3 Å². The number of amides is 1. The third kappa shape index (κ3) is 5.40. The highest BCUT2D eigenvalue weighted by Gasteiger charge is 2.18. The molecule has 0 aliphatic heterocycles. The van der Waals surface area contributed by atoms with Crippen molar-refractivity contribution in [3.05, 3.63) is 88.8 Å². The Bertz CT molecular complexity index is 1110. The largest absolute Gasteiger partial charge is 0.484 e. The summed E-state index contributed by atoms with van der Waals surface area (Å²) in [7, 11) is 0. The third-order valence-corrected chi connectivity index (χ3v) is 4.57. The van der Waals surface area contributed by atoms with Crippen LogP contribution in [0.1, 0.15) is 18.1 Å². The number of allylic oxidation sites excluding steroid dienone is 2. The molecule has 30 heavy (non-hydrogen) atoms. The Hall–Kier alpha value is -3.29. The number of hydrogen-bond acceptors (Lipinski definition) is 5. The summed E-state index contributed by atoms with van der Waals surface area (Å²) in [6.45, 7) is 5.93. The molecule has 1 heterocycles. The number of carbonyl (C=O) groups excluding carboxylic acids is 1. The summed E-state index contributed by atoms with van der Waals surface area (Å²) in [5.41, 5.74) is 4.43. The van der Waals surface area contributed by atoms with Gasteiger partial charge in [0.2, 0.25) is 5.75 Å². The van der Waals surface area contributed by atoms with Gasteiger partial charge in [0, 0.05) is 21.5 Å². The maximum absolute atomic E-state index is 11.5. The summed E-state index contributed by atoms with van der Waals surface area (Å²) >= 11 is 3.41. The Morgan fingerprint density at radius 1 is 1.23 bits per heavy atom. The summed E-state index contributed by atoms with van der Waals surface area (Å²) in [5.74, 6) is 0.107. The van der Waals surface area contributed by atoms with E-state index in [1.54, 1.807) is 23.9 Å². The van der Waals surface area contributed by atoms with Crippen molar-refractivity contribution >= 4 is 38.9 Å². The van der Waals surface area contributed by atoms with Crippen LogP contribution in [0.4, 0.5) is 0 Å². The molecule has 0 bridgehead atoms. The number of hydroxylamine groups is 1. The van der Waals surface area contributed by atoms with Gasteiger partial charge < -0.3 is 13.9 Å². The first kappa shape index (κ1) is 21.4. The predicted octanol–water partition coefficient (Wildman–Crippen LogP) is 5.76. The molecule has 3 aromatic rings. The van der Waals surface area contributed by atoms with E-state index in [1.165, 1.54) is 18.4 Å². The minimum absolute atomic E-state index is 0.271. The molecule has 6 nitrogen and oxygen atoms in total. The standard InChI is InChI=1S/C23H20BrNO5/c1-15(2)9-11-29-23-21-18(10-12-28-21)13-17(5-8-20(26)25-27)22(23)30-14-16-3-6-19(24)7-4-16/h3-13,27H,1,14H2,2H3,(H,25,26)/b8-5+,11-9?. The second-order valence-electron chi connectivity index (χ2n) is 6.45. The van der Waals surface area contributed by atoms with Crippen molar-refractivity contribution in [3.8, 4) is 11.5 Å². The van der Waals surface area contributed by atoms with Crippen molar-refractivity contribution in [2.75, 3.05) is 0 Å². The summed E-state index contributed by atoms with van der Waals surface area (Å²) in [5, 5.41) is 9.55. The highest BCUT2D eigenvalue weighted by atomic mass is 79.9. The third-order valence-electron chi connectivity index (χ3n) is 4.04. The summed E-state index contributed by atoms with van der Waals surface area (Å²) in [4.78, 5) is 11.5. The molecule has 2 aromatic carbocycles. The maximum atomic E-state index is 11.5. The highest BCUT2D eigenvalue weighted by Crippen LogP contribution is 2.41. The van der Waals surface area contributed by atoms with Crippen molar-refractivity contribution in [1.82, 2.24) is 5.48 Å². The van der Waals surface area contributed by atoms with Gasteiger partial charge in [-0.2, -0.15) is 0 Å². The Balaban J connectivity index is 2.05. The zero-order valence-corrected chi connectivity index (χ0v) is 17.8. The second kappa shape index (κ2) is 9.96. The zero-order valence-electron chi connectivity index (χ0n) is 16.2. The summed E-state index contributed by atoms with van der Waals surface area (Å²) in [6.07, 6.45) is 7.49. The smallest absolute Gasteiger partial charge is 0.267 e. The minimum atomic E-state index is -0.661. The first-order valence-corrected chi connectivity index (χ1v) is 9.79. The molecule has 0 unspecified atom stereocenters. The Kier molecular flexibility index (Phi) is 7.11. The molecule has 2 N–H and O–H groups in total. The summed E-state index contributed by atoms with van der Waals surface area (Å²) in [6, 6.07) is 11.3. The molecule has 0 aliphatic rings. The Morgan fingerprint density at radius 2 is 2.00 bits per heavy atom. The zero-order chi connectivity index (χ0) is 21.5. The maximum Gasteiger partial charge on any atom is 0.267 e. The molecular formula is C23H20BrNO5. The van der Waals surface area contributed by atoms with Crippen LogP contribution in [0.2, 0.25) is 0 Å². The van der Waals surface area contributed by atoms with Crippen LogP contribution >= 0.6 is 15.9 Å². The van der Waals surface area contributed by atoms with Gasteiger partial charge in [-0.15, -0.1) is 0 Å². The van der Waals surface area contributed by atoms with Crippen molar-refractivity contribution in [3.63, 3.8) is 0 Å². The molecule has 0 atom stereocenters. The van der Waals surface area contributed by atoms with E-state index in [0.29, 0.717) is 22.6 Å². The molecule has 1 amide bonds. The van der Waals surface area contributed by atoms with Gasteiger partial charge in [-0.25, -0.2) is 5.48 Å². The van der Waals surface area contributed by atoms with Gasteiger partial charge in [0.25, 0.3) is 5.91 Å². The summed E-state index contributed by atoms with van der Waals surface area (Å²) < 4.78 is 18.5. The quantitative estimate of drug-likeness (QED) is 0.144. The van der Waals surface area contributed by atoms with Crippen LogP contribution in [0.3, 0.4) is 0 Å². The van der Waals surface area contributed by atoms with Crippen molar-refractivity contribution < 1.29 is 23.9 Å². The number of furan rings is 1. The van der Waals surface area contributed by atoms with Gasteiger partial charge in [0.15, 0.2) is 11.3 Å². The van der Waals surface area contributed by atoms with Crippen LogP contribution in [0.25, 0.3) is 17.0 Å². The molecule has 0 spiro atoms. The molecular weight excluding hydrogens is 450 g/mol. The van der Waals surface area contributed by atoms with Crippen LogP contribution in [-0.2, 0) is 11.4 Å². The van der Waals surface area contributed by atoms with Gasteiger partial charge in [0.1, 0.15) is 6.61 Å². The number of fused-ring (bicyclic) bond motifs is 1. The number of ether oxygens (including phenoxy) is 2. The van der Waals surface area contributed by atoms with E-state index in [4.69, 9.17) is 19.1 Å². The molecule has 0 saturated heterocycles. The lowest BCUT2D eigenvalue weighted by atomic mass is 10.1. The van der Waals surface area contributed by atoms with Crippen LogP contribution in [0.15, 0.2) is 82.1 Å². The molecule has 154 valence electrons. The molecule has 0 fully saturated rings. The van der Waals surface area contributed by atoms with E-state index in [-0.39, 0.29) is 6.61 Å². The lowest BCUT2D eigenvalue weighted by molar-refractivity contribution is -0.124. The van der Waals surface area contributed by atoms with E-state index in [9.17, 15) is 4.79 Å². The monoisotopic (exact) mass is 469 g/mol. The predicted molar refractivity (Wildman–Crippen MR) is 118 cm³/mol. The number of halogens is 1. The fraction of sp³-hybridized carbons (Fsp3) is 0.0870. The Morgan fingerprint density at radius 3 is 2.70 bits per heavy atom. The van der Waals surface area contributed by atoms with Gasteiger partial charge in [-0.05, 0) is 48.9 Å². The average Bonchev–Trinajstić information content (AvgIpc) is 3.20. The van der Waals surface area contributed by atoms with Gasteiger partial charge in [-0.1, -0.05) is 40.2 Å². The number of nitrogens with one attached hydrogen (secondary N) is 1. The first-order chi connectivity index (χ1) is 14.5. The van der Waals surface area contributed by atoms with Gasteiger partial charge in [-0.3, -0.25) is 10.0 Å². The second-order valence-corrected chi connectivity index (χ2v) is 7.37. The van der Waals surface area contributed by atoms with Crippen molar-refractivity contribution in [2.45, 2.75) is 13.5 Å². The van der Waals surface area contributed by atoms with E-state index >= 15 is 0 Å². The number of hydrogen-bond donors (Lipinski definition) is 2. The number of carbonyl (C=O) groups is 1. The van der Waals surface area contributed by atoms with Gasteiger partial charge >= 0.3 is 0 Å². The fourth-order valence-electron chi connectivity index (χ4n) is 2.62.